The molecule has 3 aromatic carbocycles. The van der Waals surface area contributed by atoms with Gasteiger partial charge in [-0.2, -0.15) is 13.2 Å². The van der Waals surface area contributed by atoms with E-state index in [9.17, 15) is 26.4 Å². The number of carbonyl (C=O) groups is 2. The van der Waals surface area contributed by atoms with Crippen LogP contribution in [0.5, 0.6) is 0 Å². The van der Waals surface area contributed by atoms with Crippen molar-refractivity contribution in [3.8, 4) is 0 Å². The zero-order valence-electron chi connectivity index (χ0n) is 22.3. The molecule has 1 unspecified atom stereocenters. The average Bonchev–Trinajstić information content (AvgIpc) is 3.33. The molecule has 2 aliphatic rings. The Morgan fingerprint density at radius 2 is 1.56 bits per heavy atom. The van der Waals surface area contributed by atoms with Crippen LogP contribution in [-0.4, -0.2) is 81.1 Å². The van der Waals surface area contributed by atoms with E-state index in [-0.39, 0.29) is 23.4 Å². The lowest BCUT2D eigenvalue weighted by Crippen LogP contribution is -2.46. The highest BCUT2D eigenvalue weighted by Crippen LogP contribution is 2.42. The van der Waals surface area contributed by atoms with E-state index in [0.29, 0.717) is 21.5 Å². The maximum absolute atomic E-state index is 14.0. The van der Waals surface area contributed by atoms with Crippen molar-refractivity contribution in [3.05, 3.63) is 71.2 Å². The van der Waals surface area contributed by atoms with E-state index in [0.717, 1.165) is 31.5 Å². The molecule has 0 radical (unpaired) electrons. The van der Waals surface area contributed by atoms with Crippen LogP contribution in [0.2, 0.25) is 5.02 Å². The second kappa shape index (κ2) is 11.9. The van der Waals surface area contributed by atoms with Crippen molar-refractivity contribution < 1.29 is 36.3 Å². The first-order valence-electron chi connectivity index (χ1n) is 12.8. The van der Waals surface area contributed by atoms with Crippen molar-refractivity contribution in [1.29, 1.82) is 0 Å². The van der Waals surface area contributed by atoms with Gasteiger partial charge in [0.2, 0.25) is 5.91 Å². The minimum Gasteiger partial charge on any atom is -0.475 e. The molecule has 1 saturated heterocycles. The predicted molar refractivity (Wildman–Crippen MR) is 150 cm³/mol. The molecule has 1 amide bonds. The molecule has 220 valence electrons. The fourth-order valence-corrected chi connectivity index (χ4v) is 7.16. The number of rotatable bonds is 4. The van der Waals surface area contributed by atoms with Gasteiger partial charge in [-0.1, -0.05) is 54.1 Å². The topological polar surface area (TPSA) is 98.2 Å². The zero-order chi connectivity index (χ0) is 30.1. The van der Waals surface area contributed by atoms with E-state index in [1.807, 2.05) is 36.2 Å². The van der Waals surface area contributed by atoms with Gasteiger partial charge in [0.05, 0.1) is 23.0 Å². The van der Waals surface area contributed by atoms with Crippen molar-refractivity contribution in [2.45, 2.75) is 35.9 Å². The third kappa shape index (κ3) is 6.29. The van der Waals surface area contributed by atoms with Crippen LogP contribution in [0, 0.1) is 0 Å². The van der Waals surface area contributed by atoms with Crippen LogP contribution in [0.15, 0.2) is 65.6 Å². The maximum atomic E-state index is 14.0. The number of fused-ring (bicyclic) bond motifs is 2. The van der Waals surface area contributed by atoms with E-state index < -0.39 is 28.1 Å². The number of alkyl halides is 3. The van der Waals surface area contributed by atoms with Gasteiger partial charge in [0.15, 0.2) is 0 Å². The summed E-state index contributed by atoms with van der Waals surface area (Å²) in [6.45, 7) is 2.00. The van der Waals surface area contributed by atoms with Crippen LogP contribution in [0.3, 0.4) is 0 Å². The number of anilines is 1. The molecule has 0 aliphatic carbocycles. The van der Waals surface area contributed by atoms with Gasteiger partial charge in [-0.05, 0) is 56.7 Å². The number of likely N-dealkylation sites (tertiary alicyclic amines) is 1. The molecular formula is C28H29ClF3N3O5S. The summed E-state index contributed by atoms with van der Waals surface area (Å²) in [4.78, 5) is 26.8. The van der Waals surface area contributed by atoms with E-state index in [4.69, 9.17) is 21.5 Å². The molecule has 41 heavy (non-hydrogen) atoms. The molecule has 2 aliphatic heterocycles. The number of para-hydroxylation sites is 1. The van der Waals surface area contributed by atoms with Crippen LogP contribution < -0.4 is 4.31 Å². The Balaban J connectivity index is 0.000000493. The number of hydrogen-bond donors (Lipinski definition) is 1. The number of likely N-dealkylation sites (N-methyl/N-ethyl adjacent to an activating group) is 1. The third-order valence-electron chi connectivity index (χ3n) is 7.45. The molecule has 2 heterocycles. The Labute approximate surface area is 241 Å². The summed E-state index contributed by atoms with van der Waals surface area (Å²) in [6, 6.07) is 17.9. The minimum absolute atomic E-state index is 0.0272. The number of aliphatic carboxylic acids is 1. The first-order valence-corrected chi connectivity index (χ1v) is 14.6. The number of halogens is 4. The van der Waals surface area contributed by atoms with Crippen LogP contribution in [0.4, 0.5) is 18.9 Å². The molecule has 0 spiro atoms. The largest absolute Gasteiger partial charge is 0.490 e. The molecule has 8 nitrogen and oxygen atoms in total. The number of carboxylic acid groups (broad SMARTS) is 1. The fourth-order valence-electron chi connectivity index (χ4n) is 5.21. The van der Waals surface area contributed by atoms with Crippen molar-refractivity contribution in [3.63, 3.8) is 0 Å². The maximum Gasteiger partial charge on any atom is 0.490 e. The van der Waals surface area contributed by atoms with E-state index in [2.05, 4.69) is 11.9 Å². The van der Waals surface area contributed by atoms with Gasteiger partial charge in [0, 0.05) is 28.9 Å². The lowest BCUT2D eigenvalue weighted by atomic mass is 9.97. The molecule has 0 saturated carbocycles. The number of sulfonamides is 1. The normalized spacial score (nSPS) is 18.0. The van der Waals surface area contributed by atoms with Crippen LogP contribution in [0.25, 0.3) is 10.8 Å². The van der Waals surface area contributed by atoms with Gasteiger partial charge >= 0.3 is 12.1 Å². The van der Waals surface area contributed by atoms with E-state index >= 15 is 0 Å². The number of carboxylic acids is 1. The Bertz CT molecular complexity index is 1560. The summed E-state index contributed by atoms with van der Waals surface area (Å²) < 4.78 is 61.0. The summed E-state index contributed by atoms with van der Waals surface area (Å²) in [6.07, 6.45) is -3.24. The standard InChI is InChI=1S/C26H28ClN3O3S.C2HF3O2/c1-28-15-13-18(14-16-28)29(2)26(31)22-17-30(24-11-4-3-7-20(22)24)34(32,33)25-12-6-8-19-21(25)9-5-10-23(19)27;3-2(4,5)1(6)7/h3-12,18,22H,13-17H2,1-2H3;(H,6,7). The number of benzene rings is 3. The number of nitrogens with zero attached hydrogens (tertiary/aromatic N) is 3. The zero-order valence-corrected chi connectivity index (χ0v) is 23.9. The highest BCUT2D eigenvalue weighted by atomic mass is 35.5. The Morgan fingerprint density at radius 3 is 2.20 bits per heavy atom. The summed E-state index contributed by atoms with van der Waals surface area (Å²) in [7, 11) is 0.0212. The Kier molecular flexibility index (Phi) is 8.86. The smallest absolute Gasteiger partial charge is 0.475 e. The molecule has 1 N–H and O–H groups in total. The molecule has 5 rings (SSSR count). The van der Waals surface area contributed by atoms with Gasteiger partial charge in [-0.3, -0.25) is 9.10 Å². The SMILES string of the molecule is CN1CCC(N(C)C(=O)C2CN(S(=O)(=O)c3cccc4c(Cl)cccc34)c3ccccc32)CC1.O=C(O)C(F)(F)F. The molecule has 3 aromatic rings. The highest BCUT2D eigenvalue weighted by molar-refractivity contribution is 7.93. The predicted octanol–water partition coefficient (Wildman–Crippen LogP) is 4.97. The van der Waals surface area contributed by atoms with Crippen LogP contribution in [-0.2, 0) is 19.6 Å². The third-order valence-corrected chi connectivity index (χ3v) is 9.62. The van der Waals surface area contributed by atoms with Gasteiger partial charge in [0.1, 0.15) is 0 Å². The second-order valence-corrected chi connectivity index (χ2v) is 12.3. The van der Waals surface area contributed by atoms with Gasteiger partial charge in [0.25, 0.3) is 10.0 Å². The van der Waals surface area contributed by atoms with Crippen LogP contribution >= 0.6 is 11.6 Å². The molecule has 0 bridgehead atoms. The molecule has 13 heteroatoms. The number of hydrogen-bond acceptors (Lipinski definition) is 5. The average molecular weight is 612 g/mol. The second-order valence-electron chi connectivity index (χ2n) is 10.0. The summed E-state index contributed by atoms with van der Waals surface area (Å²) in [5.41, 5.74) is 1.32. The highest BCUT2D eigenvalue weighted by Gasteiger charge is 2.42. The Morgan fingerprint density at radius 1 is 0.976 bits per heavy atom. The molecular weight excluding hydrogens is 583 g/mol. The number of carbonyl (C=O) groups excluding carboxylic acids is 1. The monoisotopic (exact) mass is 611 g/mol. The van der Waals surface area contributed by atoms with Crippen molar-refractivity contribution in [2.75, 3.05) is 38.0 Å². The number of amides is 1. The van der Waals surface area contributed by atoms with E-state index in [1.54, 1.807) is 36.4 Å². The van der Waals surface area contributed by atoms with Gasteiger partial charge < -0.3 is 14.9 Å². The van der Waals surface area contributed by atoms with Gasteiger partial charge in [-0.25, -0.2) is 13.2 Å². The first kappa shape index (κ1) is 30.6. The minimum atomic E-state index is -5.08. The van der Waals surface area contributed by atoms with Crippen molar-refractivity contribution in [1.82, 2.24) is 9.80 Å². The van der Waals surface area contributed by atoms with Crippen molar-refractivity contribution >= 4 is 50.0 Å². The number of piperidine rings is 1. The first-order chi connectivity index (χ1) is 19.2. The lowest BCUT2D eigenvalue weighted by molar-refractivity contribution is -0.192. The van der Waals surface area contributed by atoms with E-state index in [1.165, 1.54) is 4.31 Å². The molecule has 1 fully saturated rings. The summed E-state index contributed by atoms with van der Waals surface area (Å²) in [5, 5.41) is 8.89. The van der Waals surface area contributed by atoms with Gasteiger partial charge in [-0.15, -0.1) is 0 Å². The molecule has 0 aromatic heterocycles. The van der Waals surface area contributed by atoms with Crippen molar-refractivity contribution in [2.24, 2.45) is 0 Å². The van der Waals surface area contributed by atoms with Crippen LogP contribution in [0.1, 0.15) is 24.3 Å². The lowest BCUT2D eigenvalue weighted by Gasteiger charge is -2.36. The molecule has 1 atom stereocenters. The fraction of sp³-hybridized carbons (Fsp3) is 0.357. The summed E-state index contributed by atoms with van der Waals surface area (Å²) >= 11 is 6.34. The quantitative estimate of drug-likeness (QED) is 0.447. The Hall–Kier alpha value is -3.35. The summed E-state index contributed by atoms with van der Waals surface area (Å²) in [5.74, 6) is -3.32.